The lowest BCUT2D eigenvalue weighted by molar-refractivity contribution is -0.120. The summed E-state index contributed by atoms with van der Waals surface area (Å²) in [7, 11) is 0. The van der Waals surface area contributed by atoms with Gasteiger partial charge in [0, 0.05) is 80.6 Å². The molecule has 2 spiro atoms. The van der Waals surface area contributed by atoms with Crippen LogP contribution in [0.1, 0.15) is 108 Å². The average Bonchev–Trinajstić information content (AvgIpc) is 3.41. The number of aliphatic hydroxyl groups is 1. The van der Waals surface area contributed by atoms with Gasteiger partial charge in [0.1, 0.15) is 5.76 Å². The zero-order valence-corrected chi connectivity index (χ0v) is 45.1. The molecular formula is C66H68N8O4. The molecule has 5 aromatic carbocycles. The SMILES string of the molecule is CCN(CC)CCCNC(=O)c1ccc2c(c1)C1(N=C3C=CCC4C=CC(C5C(=O)C(c6ccc7cccc8c7c6NC6(N8)c7ccccc7-c7ccc(C(=O)NCCCN(CC)CC)cc76)=C5O)C(=C34)N1)C1=C2C=CCC1. The van der Waals surface area contributed by atoms with Gasteiger partial charge in [-0.05, 0) is 141 Å². The number of carbonyl (C=O) groups excluding carboxylic acids is 3. The van der Waals surface area contributed by atoms with Crippen LogP contribution in [0.3, 0.4) is 0 Å². The van der Waals surface area contributed by atoms with Crippen LogP contribution >= 0.6 is 0 Å². The molecule has 12 heteroatoms. The van der Waals surface area contributed by atoms with Gasteiger partial charge in [0.2, 0.25) is 0 Å². The molecule has 0 aromatic heterocycles. The van der Waals surface area contributed by atoms with Gasteiger partial charge < -0.3 is 41.5 Å². The number of hydrogen-bond acceptors (Lipinski definition) is 10. The summed E-state index contributed by atoms with van der Waals surface area (Å²) < 4.78 is 0. The van der Waals surface area contributed by atoms with E-state index in [9.17, 15) is 14.7 Å². The highest BCUT2D eigenvalue weighted by Crippen LogP contribution is 2.58. The van der Waals surface area contributed by atoms with Crippen LogP contribution in [0.15, 0.2) is 155 Å². The Morgan fingerprint density at radius 1 is 0.718 bits per heavy atom. The minimum atomic E-state index is -1.02. The Labute approximate surface area is 456 Å². The summed E-state index contributed by atoms with van der Waals surface area (Å²) in [5, 5.41) is 33.0. The van der Waals surface area contributed by atoms with Gasteiger partial charge in [-0.1, -0.05) is 119 Å². The van der Waals surface area contributed by atoms with Crippen molar-refractivity contribution in [3.63, 3.8) is 0 Å². The van der Waals surface area contributed by atoms with Crippen molar-refractivity contribution in [2.75, 3.05) is 63.0 Å². The van der Waals surface area contributed by atoms with Crippen LogP contribution in [-0.2, 0) is 16.1 Å². The molecule has 12 nitrogen and oxygen atoms in total. The fourth-order valence-electron chi connectivity index (χ4n) is 14.0. The number of benzene rings is 5. The second-order valence-electron chi connectivity index (χ2n) is 22.0. The molecule has 2 amide bonds. The first-order valence-corrected chi connectivity index (χ1v) is 28.5. The Kier molecular flexibility index (Phi) is 12.5. The van der Waals surface area contributed by atoms with Crippen LogP contribution in [0.2, 0.25) is 0 Å². The normalized spacial score (nSPS) is 23.4. The van der Waals surface area contributed by atoms with Gasteiger partial charge in [0.25, 0.3) is 11.8 Å². The molecule has 396 valence electrons. The third-order valence-corrected chi connectivity index (χ3v) is 18.0. The summed E-state index contributed by atoms with van der Waals surface area (Å²) in [6.45, 7) is 15.5. The molecule has 0 saturated heterocycles. The van der Waals surface area contributed by atoms with Crippen LogP contribution in [-0.4, -0.2) is 90.6 Å². The number of hydrogen-bond donors (Lipinski definition) is 6. The zero-order chi connectivity index (χ0) is 53.5. The maximum absolute atomic E-state index is 15.4. The summed E-state index contributed by atoms with van der Waals surface area (Å²) in [6.07, 6.45) is 17.2. The fourth-order valence-corrected chi connectivity index (χ4v) is 14.0. The standard InChI is InChI=1S/C66H68N8O4/c1-5-73(6-2)35-15-33-67-63(77)41-27-29-45-43-19-9-11-21-49(43)65(51(45)37-41)69-53-23-13-17-39-25-31-47(59(71-65)55(39)53)57-61(75)58(62(57)76)48-32-26-40-18-14-24-54-56(40)60(48)72-66(70-54)50-22-12-10-20-44(50)46-30-28-42(38-52(46)66)64(78)68-34-16-36-74(7-3)8-4/h9-11,13-14,17,19-21,23-32,37-38,40,48,58,69,71-72,75H,5-8,12,15-16,18,22,33-36H2,1-4H3,(H,67,77)(H,68,78). The van der Waals surface area contributed by atoms with Crippen molar-refractivity contribution < 1.29 is 19.5 Å². The number of carbonyl (C=O) groups is 3. The maximum atomic E-state index is 15.4. The van der Waals surface area contributed by atoms with Crippen LogP contribution in [0, 0.1) is 17.8 Å². The number of rotatable bonds is 16. The molecule has 2 heterocycles. The van der Waals surface area contributed by atoms with E-state index in [4.69, 9.17) is 4.99 Å². The number of amides is 2. The zero-order valence-electron chi connectivity index (χ0n) is 45.1. The number of aliphatic imine (C=N–C) groups is 1. The van der Waals surface area contributed by atoms with E-state index in [0.717, 1.165) is 155 Å². The monoisotopic (exact) mass is 1040 g/mol. The van der Waals surface area contributed by atoms with Gasteiger partial charge in [-0.15, -0.1) is 0 Å². The first kappa shape index (κ1) is 49.8. The first-order valence-electron chi connectivity index (χ1n) is 28.5. The number of Topliss-reactive ketones (excluding diaryl/α,β-unsaturated/α-hetero) is 1. The van der Waals surface area contributed by atoms with E-state index in [-0.39, 0.29) is 29.3 Å². The molecular weight excluding hydrogens is 969 g/mol. The number of anilines is 2. The van der Waals surface area contributed by atoms with E-state index in [1.807, 2.05) is 60.7 Å². The lowest BCUT2D eigenvalue weighted by Gasteiger charge is -2.46. The van der Waals surface area contributed by atoms with Gasteiger partial charge in [0.05, 0.1) is 22.9 Å². The number of nitrogens with one attached hydrogen (secondary N) is 5. The third kappa shape index (κ3) is 7.68. The van der Waals surface area contributed by atoms with E-state index < -0.39 is 23.2 Å². The van der Waals surface area contributed by atoms with Crippen molar-refractivity contribution in [2.24, 2.45) is 22.7 Å². The number of aliphatic hydroxyl groups excluding tert-OH is 1. The Morgan fingerprint density at radius 3 is 2.14 bits per heavy atom. The number of nitrogens with zero attached hydrogens (tertiary/aromatic N) is 3. The third-order valence-electron chi connectivity index (χ3n) is 18.0. The molecule has 0 fully saturated rings. The number of allylic oxidation sites excluding steroid dienone is 10. The molecule has 78 heavy (non-hydrogen) atoms. The predicted molar refractivity (Wildman–Crippen MR) is 312 cm³/mol. The predicted octanol–water partition coefficient (Wildman–Crippen LogP) is 11.0. The Hall–Kier alpha value is -7.80. The molecule has 5 atom stereocenters. The van der Waals surface area contributed by atoms with Gasteiger partial charge in [0.15, 0.2) is 17.1 Å². The van der Waals surface area contributed by atoms with Crippen LogP contribution in [0.25, 0.3) is 33.0 Å². The van der Waals surface area contributed by atoms with Crippen LogP contribution in [0.4, 0.5) is 11.4 Å². The molecule has 13 rings (SSSR count). The molecule has 0 bridgehead atoms. The number of ketones is 1. The van der Waals surface area contributed by atoms with E-state index in [0.29, 0.717) is 35.4 Å². The highest BCUT2D eigenvalue weighted by Gasteiger charge is 2.55. The van der Waals surface area contributed by atoms with Crippen molar-refractivity contribution in [3.05, 3.63) is 189 Å². The topological polar surface area (TPSA) is 150 Å². The van der Waals surface area contributed by atoms with Gasteiger partial charge >= 0.3 is 0 Å². The van der Waals surface area contributed by atoms with E-state index >= 15 is 4.79 Å². The molecule has 8 aliphatic rings. The quantitative estimate of drug-likeness (QED) is 0.0419. The molecule has 5 aromatic rings. The van der Waals surface area contributed by atoms with Gasteiger partial charge in [-0.3, -0.25) is 14.4 Å². The minimum Gasteiger partial charge on any atom is -0.511 e. The molecule has 6 aliphatic carbocycles. The van der Waals surface area contributed by atoms with Gasteiger partial charge in [-0.25, -0.2) is 4.99 Å². The second-order valence-corrected chi connectivity index (χ2v) is 22.0. The molecule has 0 saturated carbocycles. The Bertz CT molecular complexity index is 3610. The van der Waals surface area contributed by atoms with Crippen LogP contribution < -0.4 is 26.6 Å². The van der Waals surface area contributed by atoms with Gasteiger partial charge in [-0.2, -0.15) is 0 Å². The van der Waals surface area contributed by atoms with E-state index in [1.165, 1.54) is 0 Å². The van der Waals surface area contributed by atoms with Crippen molar-refractivity contribution in [1.82, 2.24) is 25.8 Å². The largest absolute Gasteiger partial charge is 0.511 e. The highest BCUT2D eigenvalue weighted by atomic mass is 16.3. The second kappa shape index (κ2) is 19.6. The van der Waals surface area contributed by atoms with Crippen molar-refractivity contribution in [1.29, 1.82) is 0 Å². The Morgan fingerprint density at radius 2 is 1.41 bits per heavy atom. The summed E-state index contributed by atoms with van der Waals surface area (Å²) in [5.41, 5.74) is 12.6. The van der Waals surface area contributed by atoms with Crippen molar-refractivity contribution >= 4 is 56.6 Å². The Balaban J connectivity index is 0.853. The summed E-state index contributed by atoms with van der Waals surface area (Å²) in [4.78, 5) is 53.7. The lowest BCUT2D eigenvalue weighted by Crippen LogP contribution is -2.51. The van der Waals surface area contributed by atoms with Crippen molar-refractivity contribution in [3.8, 4) is 11.1 Å². The smallest absolute Gasteiger partial charge is 0.251 e. The minimum absolute atomic E-state index is 0.0504. The highest BCUT2D eigenvalue weighted by molar-refractivity contribution is 6.32. The summed E-state index contributed by atoms with van der Waals surface area (Å²) >= 11 is 0. The summed E-state index contributed by atoms with van der Waals surface area (Å²) in [6, 6.07) is 30.5. The molecule has 0 radical (unpaired) electrons. The maximum Gasteiger partial charge on any atom is 0.251 e. The first-order chi connectivity index (χ1) is 38.1. The number of fused-ring (bicyclic) bond motifs is 9. The van der Waals surface area contributed by atoms with E-state index in [1.54, 1.807) is 0 Å². The van der Waals surface area contributed by atoms with Crippen molar-refractivity contribution in [2.45, 2.75) is 71.1 Å². The fraction of sp³-hybridized carbons (Fsp3) is 0.333. The summed E-state index contributed by atoms with van der Waals surface area (Å²) in [5.74, 6) is -1.63. The lowest BCUT2D eigenvalue weighted by atomic mass is 9.65. The molecule has 6 N–H and O–H groups in total. The van der Waals surface area contributed by atoms with E-state index in [2.05, 4.69) is 131 Å². The molecule has 5 unspecified atom stereocenters. The average molecular weight is 1040 g/mol. The molecule has 2 aliphatic heterocycles. The van der Waals surface area contributed by atoms with Crippen LogP contribution in [0.5, 0.6) is 0 Å².